The lowest BCUT2D eigenvalue weighted by Crippen LogP contribution is -2.58. The third-order valence-electron chi connectivity index (χ3n) is 5.28. The second-order valence-corrected chi connectivity index (χ2v) is 6.36. The van der Waals surface area contributed by atoms with E-state index in [0.717, 1.165) is 38.9 Å². The SMILES string of the molecule is OC1CC(OCC2CCCO2)C12CCCCCC2. The van der Waals surface area contributed by atoms with Crippen LogP contribution in [0, 0.1) is 5.41 Å². The fraction of sp³-hybridized carbons (Fsp3) is 1.00. The first-order chi connectivity index (χ1) is 8.81. The predicted octanol–water partition coefficient (Wildman–Crippen LogP) is 2.66. The van der Waals surface area contributed by atoms with Crippen LogP contribution in [0.4, 0.5) is 0 Å². The van der Waals surface area contributed by atoms with Crippen LogP contribution in [0.3, 0.4) is 0 Å². The second-order valence-electron chi connectivity index (χ2n) is 6.36. The quantitative estimate of drug-likeness (QED) is 0.841. The van der Waals surface area contributed by atoms with E-state index in [9.17, 15) is 5.11 Å². The molecule has 3 rings (SSSR count). The molecule has 2 aliphatic carbocycles. The third kappa shape index (κ3) is 2.33. The Labute approximate surface area is 110 Å². The fourth-order valence-electron chi connectivity index (χ4n) is 4.00. The number of hydrogen-bond acceptors (Lipinski definition) is 3. The van der Waals surface area contributed by atoms with Crippen LogP contribution in [-0.4, -0.2) is 36.6 Å². The van der Waals surface area contributed by atoms with Crippen LogP contribution in [0.2, 0.25) is 0 Å². The molecule has 0 aromatic carbocycles. The highest BCUT2D eigenvalue weighted by atomic mass is 16.5. The molecule has 0 radical (unpaired) electrons. The maximum atomic E-state index is 10.2. The number of ether oxygens (including phenoxy) is 2. The van der Waals surface area contributed by atoms with Crippen molar-refractivity contribution in [3.8, 4) is 0 Å². The van der Waals surface area contributed by atoms with E-state index in [0.29, 0.717) is 6.10 Å². The van der Waals surface area contributed by atoms with Gasteiger partial charge in [0.25, 0.3) is 0 Å². The summed E-state index contributed by atoms with van der Waals surface area (Å²) in [4.78, 5) is 0. The topological polar surface area (TPSA) is 38.7 Å². The molecular weight excluding hydrogens is 228 g/mol. The summed E-state index contributed by atoms with van der Waals surface area (Å²) in [6.45, 7) is 1.63. The molecule has 104 valence electrons. The summed E-state index contributed by atoms with van der Waals surface area (Å²) in [5.41, 5.74) is 0.0924. The van der Waals surface area contributed by atoms with E-state index in [2.05, 4.69) is 0 Å². The van der Waals surface area contributed by atoms with E-state index >= 15 is 0 Å². The standard InChI is InChI=1S/C15H26O3/c16-13-10-14(18-11-12-6-5-9-17-12)15(13)7-3-1-2-4-8-15/h12-14,16H,1-11H2. The normalized spacial score (nSPS) is 39.5. The number of aliphatic hydroxyl groups is 1. The van der Waals surface area contributed by atoms with Crippen LogP contribution in [0.5, 0.6) is 0 Å². The van der Waals surface area contributed by atoms with E-state index in [1.54, 1.807) is 0 Å². The van der Waals surface area contributed by atoms with Crippen LogP contribution >= 0.6 is 0 Å². The molecule has 3 unspecified atom stereocenters. The van der Waals surface area contributed by atoms with Gasteiger partial charge in [-0.3, -0.25) is 0 Å². The lowest BCUT2D eigenvalue weighted by atomic mass is 9.59. The highest BCUT2D eigenvalue weighted by molar-refractivity contribution is 5.04. The van der Waals surface area contributed by atoms with Gasteiger partial charge in [-0.1, -0.05) is 25.7 Å². The van der Waals surface area contributed by atoms with Crippen LogP contribution in [0.1, 0.15) is 57.8 Å². The zero-order valence-corrected chi connectivity index (χ0v) is 11.3. The van der Waals surface area contributed by atoms with Gasteiger partial charge in [-0.2, -0.15) is 0 Å². The molecule has 3 fully saturated rings. The Morgan fingerprint density at radius 3 is 2.50 bits per heavy atom. The van der Waals surface area contributed by atoms with Gasteiger partial charge in [0.1, 0.15) is 0 Å². The van der Waals surface area contributed by atoms with Crippen molar-refractivity contribution in [1.29, 1.82) is 0 Å². The molecule has 1 aliphatic heterocycles. The third-order valence-corrected chi connectivity index (χ3v) is 5.28. The highest BCUT2D eigenvalue weighted by Gasteiger charge is 2.54. The Morgan fingerprint density at radius 2 is 1.89 bits per heavy atom. The van der Waals surface area contributed by atoms with E-state index in [4.69, 9.17) is 9.47 Å². The number of hydrogen-bond donors (Lipinski definition) is 1. The lowest BCUT2D eigenvalue weighted by molar-refractivity contribution is -0.206. The molecule has 18 heavy (non-hydrogen) atoms. The monoisotopic (exact) mass is 254 g/mol. The van der Waals surface area contributed by atoms with Gasteiger partial charge in [-0.05, 0) is 25.7 Å². The fourth-order valence-corrected chi connectivity index (χ4v) is 4.00. The molecule has 2 saturated carbocycles. The molecule has 3 aliphatic rings. The predicted molar refractivity (Wildman–Crippen MR) is 69.5 cm³/mol. The van der Waals surface area contributed by atoms with Crippen LogP contribution in [0.25, 0.3) is 0 Å². The molecule has 0 amide bonds. The van der Waals surface area contributed by atoms with E-state index in [1.807, 2.05) is 0 Å². The summed E-state index contributed by atoms with van der Waals surface area (Å²) >= 11 is 0. The maximum Gasteiger partial charge on any atom is 0.0809 e. The summed E-state index contributed by atoms with van der Waals surface area (Å²) in [5.74, 6) is 0. The number of aliphatic hydroxyl groups excluding tert-OH is 1. The Kier molecular flexibility index (Phi) is 3.92. The first-order valence-electron chi connectivity index (χ1n) is 7.72. The first kappa shape index (κ1) is 12.9. The van der Waals surface area contributed by atoms with Gasteiger partial charge in [0.15, 0.2) is 0 Å². The second kappa shape index (κ2) is 5.48. The Bertz CT molecular complexity index is 265. The molecule has 1 heterocycles. The molecule has 3 heteroatoms. The van der Waals surface area contributed by atoms with Gasteiger partial charge in [-0.15, -0.1) is 0 Å². The van der Waals surface area contributed by atoms with Crippen molar-refractivity contribution in [2.75, 3.05) is 13.2 Å². The van der Waals surface area contributed by atoms with Crippen molar-refractivity contribution in [2.24, 2.45) is 5.41 Å². The van der Waals surface area contributed by atoms with E-state index < -0.39 is 0 Å². The first-order valence-corrected chi connectivity index (χ1v) is 7.72. The molecule has 0 aromatic heterocycles. The van der Waals surface area contributed by atoms with Gasteiger partial charge >= 0.3 is 0 Å². The minimum Gasteiger partial charge on any atom is -0.392 e. The summed E-state index contributed by atoms with van der Waals surface area (Å²) in [6.07, 6.45) is 11.1. The van der Waals surface area contributed by atoms with Crippen LogP contribution < -0.4 is 0 Å². The minimum absolute atomic E-state index is 0.0924. The minimum atomic E-state index is -0.120. The van der Waals surface area contributed by atoms with Crippen LogP contribution in [0.15, 0.2) is 0 Å². The summed E-state index contributed by atoms with van der Waals surface area (Å²) < 4.78 is 11.7. The summed E-state index contributed by atoms with van der Waals surface area (Å²) in [6, 6.07) is 0. The van der Waals surface area contributed by atoms with Gasteiger partial charge in [-0.25, -0.2) is 0 Å². The zero-order chi connectivity index (χ0) is 12.4. The molecule has 3 atom stereocenters. The van der Waals surface area contributed by atoms with Crippen molar-refractivity contribution in [2.45, 2.75) is 76.1 Å². The van der Waals surface area contributed by atoms with Crippen molar-refractivity contribution in [3.05, 3.63) is 0 Å². The number of rotatable bonds is 3. The average Bonchev–Trinajstić information content (AvgIpc) is 2.75. The molecule has 1 N–H and O–H groups in total. The van der Waals surface area contributed by atoms with Crippen molar-refractivity contribution in [3.63, 3.8) is 0 Å². The largest absolute Gasteiger partial charge is 0.392 e. The Hall–Kier alpha value is -0.120. The average molecular weight is 254 g/mol. The summed E-state index contributed by atoms with van der Waals surface area (Å²) in [5, 5.41) is 10.2. The van der Waals surface area contributed by atoms with Gasteiger partial charge in [0.05, 0.1) is 24.9 Å². The van der Waals surface area contributed by atoms with Crippen molar-refractivity contribution >= 4 is 0 Å². The Morgan fingerprint density at radius 1 is 1.11 bits per heavy atom. The lowest BCUT2D eigenvalue weighted by Gasteiger charge is -2.53. The molecule has 1 spiro atoms. The molecule has 1 saturated heterocycles. The van der Waals surface area contributed by atoms with Crippen molar-refractivity contribution in [1.82, 2.24) is 0 Å². The smallest absolute Gasteiger partial charge is 0.0809 e. The summed E-state index contributed by atoms with van der Waals surface area (Å²) in [7, 11) is 0. The molecule has 3 nitrogen and oxygen atoms in total. The molecule has 0 bridgehead atoms. The van der Waals surface area contributed by atoms with Crippen molar-refractivity contribution < 1.29 is 14.6 Å². The van der Waals surface area contributed by atoms with E-state index in [1.165, 1.54) is 32.1 Å². The maximum absolute atomic E-state index is 10.2. The molecule has 0 aromatic rings. The van der Waals surface area contributed by atoms with Gasteiger partial charge in [0, 0.05) is 18.4 Å². The van der Waals surface area contributed by atoms with Crippen LogP contribution in [-0.2, 0) is 9.47 Å². The zero-order valence-electron chi connectivity index (χ0n) is 11.3. The molecular formula is C15H26O3. The highest BCUT2D eigenvalue weighted by Crippen LogP contribution is 2.52. The Balaban J connectivity index is 1.54. The van der Waals surface area contributed by atoms with Gasteiger partial charge < -0.3 is 14.6 Å². The van der Waals surface area contributed by atoms with Gasteiger partial charge in [0.2, 0.25) is 0 Å². The van der Waals surface area contributed by atoms with E-state index in [-0.39, 0.29) is 17.6 Å².